The summed E-state index contributed by atoms with van der Waals surface area (Å²) in [5.41, 5.74) is 4.97. The van der Waals surface area contributed by atoms with Crippen molar-refractivity contribution in [2.24, 2.45) is 0 Å². The zero-order chi connectivity index (χ0) is 15.0. The summed E-state index contributed by atoms with van der Waals surface area (Å²) >= 11 is 2.59. The van der Waals surface area contributed by atoms with E-state index >= 15 is 0 Å². The molecule has 0 aromatic carbocycles. The number of carbonyl (C=O) groups is 2. The topological polar surface area (TPSA) is 102 Å². The van der Waals surface area contributed by atoms with Crippen LogP contribution in [0.4, 0.5) is 9.93 Å². The van der Waals surface area contributed by atoms with E-state index in [4.69, 9.17) is 10.5 Å². The van der Waals surface area contributed by atoms with Gasteiger partial charge in [-0.1, -0.05) is 23.1 Å². The van der Waals surface area contributed by atoms with Gasteiger partial charge in [-0.25, -0.2) is 4.79 Å². The molecule has 0 radical (unpaired) electrons. The third-order valence-electron chi connectivity index (χ3n) is 3.55. The second kappa shape index (κ2) is 5.34. The number of hydrogen-bond acceptors (Lipinski definition) is 8. The number of nitrogens with two attached hydrogens (primary N) is 1. The fourth-order valence-corrected chi connectivity index (χ4v) is 4.09. The van der Waals surface area contributed by atoms with Gasteiger partial charge in [-0.05, 0) is 0 Å². The Labute approximate surface area is 129 Å². The van der Waals surface area contributed by atoms with Crippen LogP contribution in [0.25, 0.3) is 0 Å². The molecule has 10 heteroatoms. The van der Waals surface area contributed by atoms with Gasteiger partial charge in [0.1, 0.15) is 0 Å². The number of ether oxygens (including phenoxy) is 1. The van der Waals surface area contributed by atoms with E-state index in [-0.39, 0.29) is 17.8 Å². The predicted octanol–water partition coefficient (Wildman–Crippen LogP) is 0.265. The van der Waals surface area contributed by atoms with Crippen LogP contribution in [0.15, 0.2) is 4.34 Å². The van der Waals surface area contributed by atoms with Gasteiger partial charge in [0.25, 0.3) is 0 Å². The minimum absolute atomic E-state index is 0.0104. The molecule has 2 amide bonds. The smallest absolute Gasteiger partial charge is 0.410 e. The Morgan fingerprint density at radius 1 is 1.52 bits per heavy atom. The number of likely N-dealkylation sites (N-methyl/N-ethyl adjacent to an activating group) is 1. The molecule has 2 aliphatic heterocycles. The van der Waals surface area contributed by atoms with Crippen molar-refractivity contribution < 1.29 is 14.3 Å². The van der Waals surface area contributed by atoms with Crippen LogP contribution in [0.5, 0.6) is 0 Å². The molecule has 21 heavy (non-hydrogen) atoms. The van der Waals surface area contributed by atoms with E-state index in [1.807, 2.05) is 0 Å². The number of anilines is 1. The average Bonchev–Trinajstić information content (AvgIpc) is 3.09. The lowest BCUT2D eigenvalue weighted by Crippen LogP contribution is -2.39. The highest BCUT2D eigenvalue weighted by Crippen LogP contribution is 2.32. The summed E-state index contributed by atoms with van der Waals surface area (Å²) in [6.07, 6.45) is 0.369. The highest BCUT2D eigenvalue weighted by Gasteiger charge is 2.49. The average molecular weight is 329 g/mol. The molecule has 1 atom stereocenters. The van der Waals surface area contributed by atoms with Crippen LogP contribution in [0.2, 0.25) is 0 Å². The SMILES string of the molecule is CN1CC2(CCN(C(=O)CSc3nnc(N)s3)C2)OC1=O. The van der Waals surface area contributed by atoms with Gasteiger partial charge in [0.05, 0.1) is 18.8 Å². The van der Waals surface area contributed by atoms with Crippen LogP contribution in [0.3, 0.4) is 0 Å². The number of rotatable bonds is 3. The summed E-state index contributed by atoms with van der Waals surface area (Å²) in [7, 11) is 1.71. The third kappa shape index (κ3) is 2.91. The Morgan fingerprint density at radius 3 is 2.95 bits per heavy atom. The Balaban J connectivity index is 1.54. The van der Waals surface area contributed by atoms with Crippen LogP contribution >= 0.6 is 23.1 Å². The first-order valence-corrected chi connectivity index (χ1v) is 8.21. The van der Waals surface area contributed by atoms with Gasteiger partial charge in [0.15, 0.2) is 9.94 Å². The maximum absolute atomic E-state index is 12.2. The number of thioether (sulfide) groups is 1. The summed E-state index contributed by atoms with van der Waals surface area (Å²) in [5.74, 6) is 0.297. The molecule has 2 fully saturated rings. The lowest BCUT2D eigenvalue weighted by Gasteiger charge is -2.21. The standard InChI is InChI=1S/C11H15N5O3S2/c1-15-5-11(19-10(15)18)2-3-16(6-11)7(17)4-20-9-14-13-8(12)21-9/h2-6H2,1H3,(H2,12,13). The molecular weight excluding hydrogens is 314 g/mol. The molecule has 8 nitrogen and oxygen atoms in total. The first-order valence-electron chi connectivity index (χ1n) is 6.41. The van der Waals surface area contributed by atoms with Crippen molar-refractivity contribution in [2.75, 3.05) is 38.2 Å². The summed E-state index contributed by atoms with van der Waals surface area (Å²) in [6.45, 7) is 1.61. The molecular formula is C11H15N5O3S2. The number of amides is 2. The zero-order valence-corrected chi connectivity index (χ0v) is 13.1. The summed E-state index contributed by atoms with van der Waals surface area (Å²) in [5, 5.41) is 7.96. The van der Waals surface area contributed by atoms with Crippen molar-refractivity contribution in [3.63, 3.8) is 0 Å². The van der Waals surface area contributed by atoms with Gasteiger partial charge < -0.3 is 20.3 Å². The molecule has 3 rings (SSSR count). The summed E-state index contributed by atoms with van der Waals surface area (Å²) in [4.78, 5) is 27.0. The molecule has 1 aromatic rings. The first-order chi connectivity index (χ1) is 9.97. The lowest BCUT2D eigenvalue weighted by atomic mass is 10.0. The highest BCUT2D eigenvalue weighted by molar-refractivity contribution is 8.01. The molecule has 2 aliphatic rings. The zero-order valence-electron chi connectivity index (χ0n) is 11.4. The highest BCUT2D eigenvalue weighted by atomic mass is 32.2. The van der Waals surface area contributed by atoms with Crippen molar-refractivity contribution >= 4 is 40.2 Å². The number of nitrogens with zero attached hydrogens (tertiary/aromatic N) is 4. The van der Waals surface area contributed by atoms with Crippen LogP contribution in [-0.2, 0) is 9.53 Å². The number of carbonyl (C=O) groups excluding carboxylic acids is 2. The normalized spacial score (nSPS) is 24.9. The molecule has 3 heterocycles. The maximum atomic E-state index is 12.2. The minimum atomic E-state index is -0.528. The van der Waals surface area contributed by atoms with Crippen LogP contribution in [-0.4, -0.2) is 70.0 Å². The second-order valence-corrected chi connectivity index (χ2v) is 7.40. The van der Waals surface area contributed by atoms with Crippen molar-refractivity contribution in [1.29, 1.82) is 0 Å². The van der Waals surface area contributed by atoms with Crippen molar-refractivity contribution in [2.45, 2.75) is 16.4 Å². The predicted molar refractivity (Wildman–Crippen MR) is 78.1 cm³/mol. The minimum Gasteiger partial charge on any atom is -0.439 e. The molecule has 0 aliphatic carbocycles. The Bertz CT molecular complexity index is 580. The number of nitrogen functional groups attached to an aromatic ring is 1. The Hall–Kier alpha value is -1.55. The van der Waals surface area contributed by atoms with E-state index in [1.54, 1.807) is 16.8 Å². The lowest BCUT2D eigenvalue weighted by molar-refractivity contribution is -0.128. The van der Waals surface area contributed by atoms with Gasteiger partial charge in [0, 0.05) is 20.0 Å². The van der Waals surface area contributed by atoms with E-state index < -0.39 is 5.60 Å². The van der Waals surface area contributed by atoms with E-state index in [0.717, 1.165) is 0 Å². The third-order valence-corrected chi connectivity index (χ3v) is 5.42. The van der Waals surface area contributed by atoms with E-state index in [9.17, 15) is 9.59 Å². The largest absolute Gasteiger partial charge is 0.439 e. The molecule has 2 N–H and O–H groups in total. The molecule has 0 bridgehead atoms. The quantitative estimate of drug-likeness (QED) is 0.794. The van der Waals surface area contributed by atoms with Gasteiger partial charge in [-0.15, -0.1) is 10.2 Å². The fourth-order valence-electron chi connectivity index (χ4n) is 2.56. The van der Waals surface area contributed by atoms with Crippen molar-refractivity contribution in [3.05, 3.63) is 0 Å². The van der Waals surface area contributed by atoms with Crippen LogP contribution in [0.1, 0.15) is 6.42 Å². The van der Waals surface area contributed by atoms with E-state index in [2.05, 4.69) is 10.2 Å². The van der Waals surface area contributed by atoms with Crippen LogP contribution < -0.4 is 5.73 Å². The van der Waals surface area contributed by atoms with Gasteiger partial charge in [-0.2, -0.15) is 0 Å². The molecule has 0 saturated carbocycles. The van der Waals surface area contributed by atoms with Crippen molar-refractivity contribution in [3.8, 4) is 0 Å². The molecule has 1 unspecified atom stereocenters. The first kappa shape index (κ1) is 14.4. The number of likely N-dealkylation sites (tertiary alicyclic amines) is 1. The Morgan fingerprint density at radius 2 is 2.33 bits per heavy atom. The molecule has 2 saturated heterocycles. The fraction of sp³-hybridized carbons (Fsp3) is 0.636. The van der Waals surface area contributed by atoms with Gasteiger partial charge in [0.2, 0.25) is 11.0 Å². The summed E-state index contributed by atoms with van der Waals surface area (Å²) < 4.78 is 6.10. The van der Waals surface area contributed by atoms with Crippen LogP contribution in [0, 0.1) is 0 Å². The van der Waals surface area contributed by atoms with Crippen molar-refractivity contribution in [1.82, 2.24) is 20.0 Å². The molecule has 1 spiro atoms. The molecule has 114 valence electrons. The Kier molecular flexibility index (Phi) is 3.66. The monoisotopic (exact) mass is 329 g/mol. The van der Waals surface area contributed by atoms with Gasteiger partial charge >= 0.3 is 6.09 Å². The number of aromatic nitrogens is 2. The summed E-state index contributed by atoms with van der Waals surface area (Å²) in [6, 6.07) is 0. The van der Waals surface area contributed by atoms with Gasteiger partial charge in [-0.3, -0.25) is 4.79 Å². The second-order valence-electron chi connectivity index (χ2n) is 5.17. The van der Waals surface area contributed by atoms with E-state index in [1.165, 1.54) is 23.1 Å². The van der Waals surface area contributed by atoms with E-state index in [0.29, 0.717) is 35.5 Å². The number of hydrogen-bond donors (Lipinski definition) is 1. The maximum Gasteiger partial charge on any atom is 0.410 e. The molecule has 1 aromatic heterocycles.